The van der Waals surface area contributed by atoms with E-state index in [4.69, 9.17) is 15.3 Å². The number of hydrogen-bond donors (Lipinski definition) is 2. The fourth-order valence-corrected chi connectivity index (χ4v) is 1.99. The Labute approximate surface area is 118 Å². The molecule has 0 spiro atoms. The Kier molecular flexibility index (Phi) is 5.31. The van der Waals surface area contributed by atoms with Crippen LogP contribution in [-0.4, -0.2) is 47.4 Å². The quantitative estimate of drug-likeness (QED) is 0.597. The number of aromatic nitrogens is 3. The van der Waals surface area contributed by atoms with Gasteiger partial charge in [0.15, 0.2) is 0 Å². The van der Waals surface area contributed by atoms with Crippen molar-refractivity contribution in [2.45, 2.75) is 32.8 Å². The lowest BCUT2D eigenvalue weighted by atomic mass is 10.3. The lowest BCUT2D eigenvalue weighted by Gasteiger charge is -2.22. The molecular weight excluding hydrogens is 260 g/mol. The molecule has 0 amide bonds. The van der Waals surface area contributed by atoms with E-state index in [2.05, 4.69) is 25.3 Å². The number of hydrogen-bond acceptors (Lipinski definition) is 8. The summed E-state index contributed by atoms with van der Waals surface area (Å²) >= 11 is 0. The van der Waals surface area contributed by atoms with E-state index in [0.29, 0.717) is 24.5 Å². The first-order valence-electron chi connectivity index (χ1n) is 6.95. The van der Waals surface area contributed by atoms with E-state index in [-0.39, 0.29) is 6.10 Å². The summed E-state index contributed by atoms with van der Waals surface area (Å²) in [7, 11) is 0. The second kappa shape index (κ2) is 7.20. The third-order valence-corrected chi connectivity index (χ3v) is 2.90. The SMILES string of the molecule is CCCOc1nc(NN)nc(N2CCCOC(C)C2)n1. The van der Waals surface area contributed by atoms with Gasteiger partial charge < -0.3 is 14.4 Å². The number of nitrogens with one attached hydrogen (secondary N) is 1. The average Bonchev–Trinajstić information content (AvgIpc) is 2.69. The molecule has 1 aliphatic rings. The standard InChI is InChI=1S/C12H22N6O2/c1-3-6-20-12-15-10(17-13)14-11(16-12)18-5-4-7-19-9(2)8-18/h9H,3-8,13H2,1-2H3,(H,14,15,16,17). The van der Waals surface area contributed by atoms with Crippen molar-refractivity contribution in [3.05, 3.63) is 0 Å². The summed E-state index contributed by atoms with van der Waals surface area (Å²) in [6.45, 7) is 6.96. The molecule has 2 heterocycles. The van der Waals surface area contributed by atoms with Gasteiger partial charge in [-0.25, -0.2) is 5.84 Å². The second-order valence-electron chi connectivity index (χ2n) is 4.72. The molecule has 112 valence electrons. The van der Waals surface area contributed by atoms with Gasteiger partial charge in [0.1, 0.15) is 0 Å². The Hall–Kier alpha value is -1.67. The molecule has 1 saturated heterocycles. The van der Waals surface area contributed by atoms with Crippen LogP contribution < -0.4 is 20.9 Å². The molecule has 20 heavy (non-hydrogen) atoms. The molecule has 2 rings (SSSR count). The number of rotatable bonds is 5. The highest BCUT2D eigenvalue weighted by Gasteiger charge is 2.19. The number of nitrogens with zero attached hydrogens (tertiary/aromatic N) is 4. The first-order chi connectivity index (χ1) is 9.72. The molecule has 0 aliphatic carbocycles. The zero-order valence-electron chi connectivity index (χ0n) is 12.0. The van der Waals surface area contributed by atoms with E-state index in [1.807, 2.05) is 13.8 Å². The number of nitrogen functional groups attached to an aromatic ring is 1. The normalized spacial score (nSPS) is 19.6. The van der Waals surface area contributed by atoms with Crippen LogP contribution in [0.4, 0.5) is 11.9 Å². The maximum atomic E-state index is 5.62. The predicted molar refractivity (Wildman–Crippen MR) is 75.7 cm³/mol. The van der Waals surface area contributed by atoms with E-state index < -0.39 is 0 Å². The first-order valence-corrected chi connectivity index (χ1v) is 6.95. The van der Waals surface area contributed by atoms with Crippen molar-refractivity contribution in [1.29, 1.82) is 0 Å². The van der Waals surface area contributed by atoms with Crippen LogP contribution in [0.1, 0.15) is 26.7 Å². The van der Waals surface area contributed by atoms with Gasteiger partial charge in [0.2, 0.25) is 11.9 Å². The van der Waals surface area contributed by atoms with Crippen molar-refractivity contribution in [2.75, 3.05) is 36.6 Å². The molecule has 0 saturated carbocycles. The fraction of sp³-hybridized carbons (Fsp3) is 0.750. The zero-order chi connectivity index (χ0) is 14.4. The minimum atomic E-state index is 0.142. The molecular formula is C12H22N6O2. The van der Waals surface area contributed by atoms with Gasteiger partial charge in [0.05, 0.1) is 12.7 Å². The van der Waals surface area contributed by atoms with Crippen LogP contribution in [0.5, 0.6) is 6.01 Å². The van der Waals surface area contributed by atoms with Crippen LogP contribution in [0.15, 0.2) is 0 Å². The summed E-state index contributed by atoms with van der Waals surface area (Å²) in [5.41, 5.74) is 2.45. The minimum absolute atomic E-state index is 0.142. The first kappa shape index (κ1) is 14.7. The third kappa shape index (κ3) is 3.91. The molecule has 8 heteroatoms. The summed E-state index contributed by atoms with van der Waals surface area (Å²) in [6, 6.07) is 0.294. The van der Waals surface area contributed by atoms with Crippen LogP contribution in [0.25, 0.3) is 0 Å². The highest BCUT2D eigenvalue weighted by Crippen LogP contribution is 2.17. The largest absolute Gasteiger partial charge is 0.463 e. The third-order valence-electron chi connectivity index (χ3n) is 2.90. The lowest BCUT2D eigenvalue weighted by molar-refractivity contribution is 0.0820. The van der Waals surface area contributed by atoms with Gasteiger partial charge in [-0.3, -0.25) is 5.43 Å². The van der Waals surface area contributed by atoms with Crippen molar-refractivity contribution in [3.8, 4) is 6.01 Å². The highest BCUT2D eigenvalue weighted by molar-refractivity contribution is 5.38. The molecule has 1 fully saturated rings. The summed E-state index contributed by atoms with van der Waals surface area (Å²) in [5, 5.41) is 0. The molecule has 1 aromatic rings. The van der Waals surface area contributed by atoms with E-state index in [0.717, 1.165) is 32.5 Å². The molecule has 1 atom stereocenters. The topological polar surface area (TPSA) is 98.4 Å². The summed E-state index contributed by atoms with van der Waals surface area (Å²) in [5.74, 6) is 6.27. The molecule has 0 radical (unpaired) electrons. The maximum Gasteiger partial charge on any atom is 0.323 e. The van der Waals surface area contributed by atoms with Crippen LogP contribution >= 0.6 is 0 Å². The van der Waals surface area contributed by atoms with Crippen LogP contribution in [0.3, 0.4) is 0 Å². The monoisotopic (exact) mass is 282 g/mol. The summed E-state index contributed by atoms with van der Waals surface area (Å²) < 4.78 is 11.1. The van der Waals surface area contributed by atoms with E-state index >= 15 is 0 Å². The Morgan fingerprint density at radius 3 is 3.05 bits per heavy atom. The predicted octanol–water partition coefficient (Wildman–Crippen LogP) is 0.561. The van der Waals surface area contributed by atoms with Crippen molar-refractivity contribution < 1.29 is 9.47 Å². The van der Waals surface area contributed by atoms with Crippen molar-refractivity contribution in [2.24, 2.45) is 5.84 Å². The van der Waals surface area contributed by atoms with Crippen molar-refractivity contribution in [3.63, 3.8) is 0 Å². The van der Waals surface area contributed by atoms with Crippen LogP contribution in [-0.2, 0) is 4.74 Å². The fourth-order valence-electron chi connectivity index (χ4n) is 1.99. The zero-order valence-corrected chi connectivity index (χ0v) is 12.0. The van der Waals surface area contributed by atoms with Gasteiger partial charge in [-0.05, 0) is 19.8 Å². The Morgan fingerprint density at radius 2 is 2.30 bits per heavy atom. The Balaban J connectivity index is 2.19. The lowest BCUT2D eigenvalue weighted by Crippen LogP contribution is -2.32. The summed E-state index contributed by atoms with van der Waals surface area (Å²) in [4.78, 5) is 14.8. The maximum absolute atomic E-state index is 5.62. The van der Waals surface area contributed by atoms with Gasteiger partial charge in [0.25, 0.3) is 0 Å². The smallest absolute Gasteiger partial charge is 0.323 e. The van der Waals surface area contributed by atoms with Crippen molar-refractivity contribution in [1.82, 2.24) is 15.0 Å². The van der Waals surface area contributed by atoms with Gasteiger partial charge in [0, 0.05) is 19.7 Å². The summed E-state index contributed by atoms with van der Waals surface area (Å²) in [6.07, 6.45) is 1.97. The van der Waals surface area contributed by atoms with Gasteiger partial charge in [-0.2, -0.15) is 15.0 Å². The van der Waals surface area contributed by atoms with E-state index in [1.54, 1.807) is 0 Å². The van der Waals surface area contributed by atoms with Gasteiger partial charge in [-0.15, -0.1) is 0 Å². The molecule has 1 aromatic heterocycles. The highest BCUT2D eigenvalue weighted by atomic mass is 16.5. The van der Waals surface area contributed by atoms with Crippen molar-refractivity contribution >= 4 is 11.9 Å². The molecule has 1 aliphatic heterocycles. The number of ether oxygens (including phenoxy) is 2. The average molecular weight is 282 g/mol. The van der Waals surface area contributed by atoms with Gasteiger partial charge >= 0.3 is 6.01 Å². The van der Waals surface area contributed by atoms with Gasteiger partial charge in [-0.1, -0.05) is 6.92 Å². The Morgan fingerprint density at radius 1 is 1.45 bits per heavy atom. The second-order valence-corrected chi connectivity index (χ2v) is 4.72. The molecule has 0 aromatic carbocycles. The molecule has 8 nitrogen and oxygen atoms in total. The molecule has 1 unspecified atom stereocenters. The van der Waals surface area contributed by atoms with E-state index in [9.17, 15) is 0 Å². The van der Waals surface area contributed by atoms with Crippen LogP contribution in [0.2, 0.25) is 0 Å². The number of anilines is 2. The minimum Gasteiger partial charge on any atom is -0.463 e. The van der Waals surface area contributed by atoms with Crippen LogP contribution in [0, 0.1) is 0 Å². The molecule has 0 bridgehead atoms. The Bertz CT molecular complexity index is 430. The molecule has 3 N–H and O–H groups in total. The van der Waals surface area contributed by atoms with E-state index in [1.165, 1.54) is 0 Å². The number of hydrazine groups is 1. The number of nitrogens with two attached hydrogens (primary N) is 1.